The summed E-state index contributed by atoms with van der Waals surface area (Å²) < 4.78 is 15.1. The Kier molecular flexibility index (Phi) is 5.92. The maximum atomic E-state index is 13.4. The van der Waals surface area contributed by atoms with Crippen molar-refractivity contribution in [2.24, 2.45) is 11.1 Å². The van der Waals surface area contributed by atoms with Crippen molar-refractivity contribution in [3.63, 3.8) is 0 Å². The topological polar surface area (TPSA) is 93.8 Å². The summed E-state index contributed by atoms with van der Waals surface area (Å²) in [6.07, 6.45) is 11.9. The minimum Gasteiger partial charge on any atom is -0.481 e. The molecule has 0 saturated carbocycles. The molecular formula is C22H24FN3O4. The molecule has 2 heterocycles. The van der Waals surface area contributed by atoms with Gasteiger partial charge in [0.2, 0.25) is 0 Å². The predicted molar refractivity (Wildman–Crippen MR) is 110 cm³/mol. The minimum atomic E-state index is -0.841. The van der Waals surface area contributed by atoms with E-state index in [-0.39, 0.29) is 29.8 Å². The Bertz CT molecular complexity index is 1120. The van der Waals surface area contributed by atoms with Crippen molar-refractivity contribution in [3.05, 3.63) is 50.8 Å². The van der Waals surface area contributed by atoms with Crippen molar-refractivity contribution < 1.29 is 19.1 Å². The second kappa shape index (κ2) is 8.77. The van der Waals surface area contributed by atoms with Gasteiger partial charge in [0.1, 0.15) is 18.3 Å². The summed E-state index contributed by atoms with van der Waals surface area (Å²) in [6.45, 7) is 0.578. The molecule has 2 unspecified atom stereocenters. The molecule has 158 valence electrons. The molecule has 0 spiro atoms. The molecule has 4 rings (SSSR count). The normalized spacial score (nSPS) is 22.3. The Morgan fingerprint density at radius 1 is 1.30 bits per heavy atom. The number of fused-ring (bicyclic) bond motifs is 1. The maximum absolute atomic E-state index is 13.4. The Morgan fingerprint density at radius 3 is 2.87 bits per heavy atom. The number of hydrogen-bond acceptors (Lipinski definition) is 5. The van der Waals surface area contributed by atoms with Crippen molar-refractivity contribution in [1.29, 1.82) is 0 Å². The van der Waals surface area contributed by atoms with E-state index in [2.05, 4.69) is 5.16 Å². The van der Waals surface area contributed by atoms with Crippen LogP contribution in [0.15, 0.2) is 34.0 Å². The first-order chi connectivity index (χ1) is 14.5. The van der Waals surface area contributed by atoms with E-state index in [1.54, 1.807) is 10.6 Å². The van der Waals surface area contributed by atoms with Gasteiger partial charge in [-0.15, -0.1) is 0 Å². The molecule has 1 aromatic rings. The highest BCUT2D eigenvalue weighted by Crippen LogP contribution is 2.22. The quantitative estimate of drug-likeness (QED) is 0.688. The first-order valence-electron chi connectivity index (χ1n) is 10.3. The Morgan fingerprint density at radius 2 is 2.17 bits per heavy atom. The number of oxime groups is 1. The number of nitrogens with zero attached hydrogens (tertiary/aromatic N) is 3. The molecule has 30 heavy (non-hydrogen) atoms. The fraction of sp³-hybridized carbons (Fsp3) is 0.455. The number of carboxylic acid groups (broad SMARTS) is 1. The molecule has 0 radical (unpaired) electrons. The number of carboxylic acids is 1. The van der Waals surface area contributed by atoms with Crippen molar-refractivity contribution in [2.75, 3.05) is 6.61 Å². The lowest BCUT2D eigenvalue weighted by atomic mass is 9.93. The fourth-order valence-corrected chi connectivity index (χ4v) is 4.09. The standard InChI is InChI=1S/C22H24FN3O4/c23-15-6-8-16(9-7-15)26-20(3-1-2-4-21(27)28)24-19-13-14(18-11-12-30-25-18)5-10-17(19)22(26)29/h6-8,10,13-14,16H,1-5,9,11-12H2,(H,27,28). The summed E-state index contributed by atoms with van der Waals surface area (Å²) in [5, 5.41) is 14.2. The van der Waals surface area contributed by atoms with Crippen molar-refractivity contribution in [3.8, 4) is 0 Å². The Balaban J connectivity index is 1.72. The summed E-state index contributed by atoms with van der Waals surface area (Å²) in [6, 6.07) is -0.303. The van der Waals surface area contributed by atoms with E-state index >= 15 is 0 Å². The highest BCUT2D eigenvalue weighted by Gasteiger charge is 2.23. The van der Waals surface area contributed by atoms with Crippen LogP contribution in [0.2, 0.25) is 0 Å². The van der Waals surface area contributed by atoms with Crippen LogP contribution in [0.4, 0.5) is 4.39 Å². The number of aryl methyl sites for hydroxylation is 1. The molecule has 0 saturated heterocycles. The summed E-state index contributed by atoms with van der Waals surface area (Å²) >= 11 is 0. The monoisotopic (exact) mass is 413 g/mol. The molecule has 2 aliphatic carbocycles. The Labute approximate surface area is 172 Å². The molecule has 1 aromatic heterocycles. The molecule has 8 heteroatoms. The van der Waals surface area contributed by atoms with Crippen molar-refractivity contribution in [1.82, 2.24) is 9.55 Å². The van der Waals surface area contributed by atoms with Gasteiger partial charge in [-0.2, -0.15) is 0 Å². The highest BCUT2D eigenvalue weighted by atomic mass is 19.1. The number of rotatable bonds is 7. The van der Waals surface area contributed by atoms with Gasteiger partial charge >= 0.3 is 5.97 Å². The zero-order valence-electron chi connectivity index (χ0n) is 16.6. The number of carbonyl (C=O) groups is 1. The highest BCUT2D eigenvalue weighted by molar-refractivity contribution is 5.92. The minimum absolute atomic E-state index is 0.0641. The number of unbranched alkanes of at least 4 members (excludes halogenated alkanes) is 1. The maximum Gasteiger partial charge on any atom is 0.303 e. The third kappa shape index (κ3) is 4.27. The van der Waals surface area contributed by atoms with E-state index < -0.39 is 5.97 Å². The first kappa shape index (κ1) is 20.3. The average Bonchev–Trinajstić information content (AvgIpc) is 3.27. The second-order valence-electron chi connectivity index (χ2n) is 7.73. The third-order valence-corrected chi connectivity index (χ3v) is 5.65. The molecule has 2 atom stereocenters. The van der Waals surface area contributed by atoms with Gasteiger partial charge in [-0.25, -0.2) is 9.37 Å². The first-order valence-corrected chi connectivity index (χ1v) is 10.3. The van der Waals surface area contributed by atoms with Gasteiger partial charge in [0.25, 0.3) is 5.56 Å². The van der Waals surface area contributed by atoms with Crippen LogP contribution < -0.4 is 16.1 Å². The van der Waals surface area contributed by atoms with E-state index in [0.717, 1.165) is 12.1 Å². The molecule has 1 N–H and O–H groups in total. The van der Waals surface area contributed by atoms with Gasteiger partial charge in [0.05, 0.1) is 22.3 Å². The SMILES string of the molecule is O=C(O)CCCCc1nc2c(c(=O)n1C1C=CC(F)=CC1)=CCC(C1=NOCC1)C=2. The lowest BCUT2D eigenvalue weighted by Crippen LogP contribution is -2.51. The summed E-state index contributed by atoms with van der Waals surface area (Å²) in [4.78, 5) is 34.1. The van der Waals surface area contributed by atoms with E-state index in [0.29, 0.717) is 55.1 Å². The van der Waals surface area contributed by atoms with Gasteiger partial charge in [-0.05, 0) is 43.9 Å². The number of allylic oxidation sites excluding steroid dienone is 4. The van der Waals surface area contributed by atoms with Gasteiger partial charge in [-0.3, -0.25) is 14.2 Å². The van der Waals surface area contributed by atoms with Crippen LogP contribution in [0.5, 0.6) is 0 Å². The van der Waals surface area contributed by atoms with Crippen LogP contribution in [0, 0.1) is 5.92 Å². The summed E-state index contributed by atoms with van der Waals surface area (Å²) in [7, 11) is 0. The number of halogens is 1. The largest absolute Gasteiger partial charge is 0.481 e. The molecule has 1 aliphatic heterocycles. The summed E-state index contributed by atoms with van der Waals surface area (Å²) in [5.74, 6) is -0.485. The number of aromatic nitrogens is 2. The van der Waals surface area contributed by atoms with Crippen LogP contribution in [-0.2, 0) is 16.1 Å². The molecule has 0 aromatic carbocycles. The van der Waals surface area contributed by atoms with E-state index in [9.17, 15) is 14.0 Å². The zero-order chi connectivity index (χ0) is 21.1. The number of aliphatic carboxylic acids is 1. The van der Waals surface area contributed by atoms with Crippen LogP contribution >= 0.6 is 0 Å². The van der Waals surface area contributed by atoms with Crippen LogP contribution in [-0.4, -0.2) is 32.9 Å². The van der Waals surface area contributed by atoms with Crippen molar-refractivity contribution in [2.45, 2.75) is 51.0 Å². The van der Waals surface area contributed by atoms with Gasteiger partial charge in [0, 0.05) is 25.2 Å². The molecule has 0 fully saturated rings. The summed E-state index contributed by atoms with van der Waals surface area (Å²) in [5.41, 5.74) is 0.819. The van der Waals surface area contributed by atoms with Crippen molar-refractivity contribution >= 4 is 23.8 Å². The van der Waals surface area contributed by atoms with E-state index in [1.807, 2.05) is 12.2 Å². The van der Waals surface area contributed by atoms with Gasteiger partial charge in [0.15, 0.2) is 0 Å². The van der Waals surface area contributed by atoms with Crippen LogP contribution in [0.1, 0.15) is 50.4 Å². The molecule has 0 bridgehead atoms. The van der Waals surface area contributed by atoms with E-state index in [4.69, 9.17) is 14.9 Å². The van der Waals surface area contributed by atoms with Gasteiger partial charge in [-0.1, -0.05) is 17.3 Å². The average molecular weight is 413 g/mol. The molecule has 7 nitrogen and oxygen atoms in total. The molecule has 0 amide bonds. The van der Waals surface area contributed by atoms with Crippen LogP contribution in [0.25, 0.3) is 12.2 Å². The lowest BCUT2D eigenvalue weighted by Gasteiger charge is -2.22. The second-order valence-corrected chi connectivity index (χ2v) is 7.73. The van der Waals surface area contributed by atoms with Gasteiger partial charge < -0.3 is 9.94 Å². The molecular weight excluding hydrogens is 389 g/mol. The zero-order valence-corrected chi connectivity index (χ0v) is 16.6. The molecule has 3 aliphatic rings. The van der Waals surface area contributed by atoms with Crippen LogP contribution in [0.3, 0.4) is 0 Å². The smallest absolute Gasteiger partial charge is 0.303 e. The lowest BCUT2D eigenvalue weighted by molar-refractivity contribution is -0.137. The van der Waals surface area contributed by atoms with E-state index in [1.165, 1.54) is 12.2 Å². The third-order valence-electron chi connectivity index (χ3n) is 5.65. The fourth-order valence-electron chi connectivity index (χ4n) is 4.09. The Hall–Kier alpha value is -3.03. The predicted octanol–water partition coefficient (Wildman–Crippen LogP) is 1.75. The number of hydrogen-bond donors (Lipinski definition) is 1.